The molecule has 17 heavy (non-hydrogen) atoms. The Hall–Kier alpha value is -2.16. The van der Waals surface area contributed by atoms with Crippen molar-refractivity contribution in [3.63, 3.8) is 0 Å². The third-order valence-corrected chi connectivity index (χ3v) is 2.54. The second-order valence-corrected chi connectivity index (χ2v) is 3.77. The van der Waals surface area contributed by atoms with Gasteiger partial charge in [0.2, 0.25) is 0 Å². The third kappa shape index (κ3) is 2.91. The molecule has 3 heteroatoms. The first-order chi connectivity index (χ1) is 8.29. The molecule has 0 unspecified atom stereocenters. The van der Waals surface area contributed by atoms with Crippen LogP contribution >= 0.6 is 0 Å². The summed E-state index contributed by atoms with van der Waals surface area (Å²) < 4.78 is 0. The lowest BCUT2D eigenvalue weighted by Crippen LogP contribution is -1.81. The summed E-state index contributed by atoms with van der Waals surface area (Å²) in [7, 11) is 0. The molecular weight excluding hydrogens is 210 g/mol. The first-order valence-corrected chi connectivity index (χ1v) is 5.65. The molecule has 0 aliphatic heterocycles. The predicted octanol–water partition coefficient (Wildman–Crippen LogP) is 4.25. The maximum Gasteiger partial charge on any atom is 0.0888 e. The zero-order chi connectivity index (χ0) is 12.1. The molecular formula is C14H15N3. The smallest absolute Gasteiger partial charge is 0.0888 e. The van der Waals surface area contributed by atoms with Crippen LogP contribution in [-0.2, 0) is 6.42 Å². The van der Waals surface area contributed by atoms with Crippen LogP contribution in [-0.4, -0.2) is 0 Å². The van der Waals surface area contributed by atoms with Crippen LogP contribution in [0.3, 0.4) is 0 Å². The Morgan fingerprint density at radius 3 is 2.35 bits per heavy atom. The number of rotatable bonds is 3. The van der Waals surface area contributed by atoms with Gasteiger partial charge in [0.1, 0.15) is 0 Å². The molecule has 0 spiro atoms. The van der Waals surface area contributed by atoms with Gasteiger partial charge in [0.15, 0.2) is 0 Å². The Morgan fingerprint density at radius 1 is 0.941 bits per heavy atom. The molecule has 2 N–H and O–H groups in total. The first kappa shape index (κ1) is 11.3. The fourth-order valence-electron chi connectivity index (χ4n) is 1.56. The molecule has 0 saturated heterocycles. The Bertz CT molecular complexity index is 515. The van der Waals surface area contributed by atoms with Gasteiger partial charge in [-0.15, -0.1) is 0 Å². The van der Waals surface area contributed by atoms with Gasteiger partial charge in [0.25, 0.3) is 0 Å². The quantitative estimate of drug-likeness (QED) is 0.616. The van der Waals surface area contributed by atoms with Crippen LogP contribution in [0.1, 0.15) is 12.5 Å². The molecule has 0 saturated carbocycles. The summed E-state index contributed by atoms with van der Waals surface area (Å²) in [5, 5.41) is 8.46. The van der Waals surface area contributed by atoms with Crippen molar-refractivity contribution >= 4 is 17.1 Å². The van der Waals surface area contributed by atoms with Gasteiger partial charge in [-0.05, 0) is 42.3 Å². The van der Waals surface area contributed by atoms with E-state index in [4.69, 9.17) is 5.73 Å². The number of azo groups is 1. The van der Waals surface area contributed by atoms with Gasteiger partial charge in [-0.2, -0.15) is 10.2 Å². The van der Waals surface area contributed by atoms with Crippen LogP contribution in [0.4, 0.5) is 17.1 Å². The van der Waals surface area contributed by atoms with Gasteiger partial charge < -0.3 is 5.73 Å². The minimum absolute atomic E-state index is 0.734. The molecule has 0 amide bonds. The molecule has 0 aromatic heterocycles. The summed E-state index contributed by atoms with van der Waals surface area (Å²) in [6.45, 7) is 2.11. The number of nitrogen functional groups attached to an aromatic ring is 1. The second-order valence-electron chi connectivity index (χ2n) is 3.77. The summed E-state index contributed by atoms with van der Waals surface area (Å²) in [6, 6.07) is 15.4. The predicted molar refractivity (Wildman–Crippen MR) is 70.9 cm³/mol. The summed E-state index contributed by atoms with van der Waals surface area (Å²) in [6.07, 6.45) is 0.955. The summed E-state index contributed by atoms with van der Waals surface area (Å²) in [5.41, 5.74) is 9.28. The maximum absolute atomic E-state index is 5.61. The normalized spacial score (nSPS) is 10.9. The number of nitrogens with two attached hydrogens (primary N) is 1. The topological polar surface area (TPSA) is 50.7 Å². The maximum atomic E-state index is 5.61. The molecule has 0 bridgehead atoms. The van der Waals surface area contributed by atoms with E-state index in [1.54, 1.807) is 0 Å². The van der Waals surface area contributed by atoms with E-state index in [9.17, 15) is 0 Å². The van der Waals surface area contributed by atoms with Crippen molar-refractivity contribution in [3.05, 3.63) is 54.1 Å². The molecule has 0 fully saturated rings. The summed E-state index contributed by atoms with van der Waals surface area (Å²) in [4.78, 5) is 0. The molecule has 2 aromatic carbocycles. The number of hydrogen-bond donors (Lipinski definition) is 1. The molecule has 0 atom stereocenters. The minimum atomic E-state index is 0.734. The Kier molecular flexibility index (Phi) is 3.50. The second kappa shape index (κ2) is 5.25. The van der Waals surface area contributed by atoms with Crippen molar-refractivity contribution in [1.82, 2.24) is 0 Å². The highest BCUT2D eigenvalue weighted by atomic mass is 15.1. The fourth-order valence-corrected chi connectivity index (χ4v) is 1.56. The Labute approximate surface area is 101 Å². The third-order valence-electron chi connectivity index (χ3n) is 2.54. The van der Waals surface area contributed by atoms with E-state index in [0.29, 0.717) is 0 Å². The van der Waals surface area contributed by atoms with Gasteiger partial charge in [0, 0.05) is 5.69 Å². The molecule has 0 aliphatic rings. The molecule has 0 radical (unpaired) electrons. The van der Waals surface area contributed by atoms with E-state index in [2.05, 4.69) is 23.2 Å². The average molecular weight is 225 g/mol. The van der Waals surface area contributed by atoms with Crippen molar-refractivity contribution in [2.75, 3.05) is 5.73 Å². The number of aryl methyl sites for hydroxylation is 1. The van der Waals surface area contributed by atoms with Gasteiger partial charge in [-0.1, -0.05) is 25.1 Å². The highest BCUT2D eigenvalue weighted by molar-refractivity contribution is 5.49. The lowest BCUT2D eigenvalue weighted by molar-refractivity contribution is 1.11. The van der Waals surface area contributed by atoms with E-state index in [1.165, 1.54) is 5.56 Å². The van der Waals surface area contributed by atoms with Crippen LogP contribution in [0.2, 0.25) is 0 Å². The van der Waals surface area contributed by atoms with E-state index < -0.39 is 0 Å². The van der Waals surface area contributed by atoms with Gasteiger partial charge in [0.05, 0.1) is 11.4 Å². The molecule has 2 aromatic rings. The van der Waals surface area contributed by atoms with Crippen LogP contribution in [0.15, 0.2) is 58.8 Å². The summed E-state index contributed by atoms with van der Waals surface area (Å²) in [5.74, 6) is 0. The zero-order valence-electron chi connectivity index (χ0n) is 9.80. The first-order valence-electron chi connectivity index (χ1n) is 5.65. The molecule has 3 nitrogen and oxygen atoms in total. The van der Waals surface area contributed by atoms with Crippen LogP contribution in [0, 0.1) is 0 Å². The Balaban J connectivity index is 2.22. The SMILES string of the molecule is CCc1ccccc1N=Nc1ccc(N)cc1. The van der Waals surface area contributed by atoms with E-state index >= 15 is 0 Å². The van der Waals surface area contributed by atoms with Crippen molar-refractivity contribution in [2.24, 2.45) is 10.2 Å². The lowest BCUT2D eigenvalue weighted by atomic mass is 10.1. The van der Waals surface area contributed by atoms with Crippen molar-refractivity contribution < 1.29 is 0 Å². The zero-order valence-corrected chi connectivity index (χ0v) is 9.80. The molecule has 0 heterocycles. The van der Waals surface area contributed by atoms with Crippen molar-refractivity contribution in [2.45, 2.75) is 13.3 Å². The lowest BCUT2D eigenvalue weighted by Gasteiger charge is -2.00. The average Bonchev–Trinajstić information content (AvgIpc) is 2.38. The molecule has 0 aliphatic carbocycles. The van der Waals surface area contributed by atoms with Crippen molar-refractivity contribution in [3.8, 4) is 0 Å². The highest BCUT2D eigenvalue weighted by Crippen LogP contribution is 2.22. The van der Waals surface area contributed by atoms with Crippen molar-refractivity contribution in [1.29, 1.82) is 0 Å². The van der Waals surface area contributed by atoms with Crippen LogP contribution < -0.4 is 5.73 Å². The van der Waals surface area contributed by atoms with Gasteiger partial charge >= 0.3 is 0 Å². The minimum Gasteiger partial charge on any atom is -0.399 e. The monoisotopic (exact) mass is 225 g/mol. The molecule has 2 rings (SSSR count). The van der Waals surface area contributed by atoms with E-state index in [0.717, 1.165) is 23.5 Å². The van der Waals surface area contributed by atoms with Crippen LogP contribution in [0.5, 0.6) is 0 Å². The highest BCUT2D eigenvalue weighted by Gasteiger charge is 1.97. The van der Waals surface area contributed by atoms with E-state index in [1.807, 2.05) is 42.5 Å². The van der Waals surface area contributed by atoms with Gasteiger partial charge in [-0.25, -0.2) is 0 Å². The number of hydrogen-bond acceptors (Lipinski definition) is 3. The molecule has 86 valence electrons. The van der Waals surface area contributed by atoms with E-state index in [-0.39, 0.29) is 0 Å². The summed E-state index contributed by atoms with van der Waals surface area (Å²) >= 11 is 0. The van der Waals surface area contributed by atoms with Crippen LogP contribution in [0.25, 0.3) is 0 Å². The number of nitrogens with zero attached hydrogens (tertiary/aromatic N) is 2. The standard InChI is InChI=1S/C14H15N3/c1-2-11-5-3-4-6-14(11)17-16-13-9-7-12(15)8-10-13/h3-10H,2,15H2,1H3. The largest absolute Gasteiger partial charge is 0.399 e. The number of benzene rings is 2. The number of anilines is 1. The van der Waals surface area contributed by atoms with Gasteiger partial charge in [-0.3, -0.25) is 0 Å². The fraction of sp³-hybridized carbons (Fsp3) is 0.143. The Morgan fingerprint density at radius 2 is 1.65 bits per heavy atom.